The maximum Gasteiger partial charge on any atom is 0.255 e. The lowest BCUT2D eigenvalue weighted by atomic mass is 10.1. The fourth-order valence-electron chi connectivity index (χ4n) is 3.75. The summed E-state index contributed by atoms with van der Waals surface area (Å²) in [6.45, 7) is 0. The summed E-state index contributed by atoms with van der Waals surface area (Å²) in [7, 11) is 0. The van der Waals surface area contributed by atoms with Crippen LogP contribution in [0, 0.1) is 17.1 Å². The van der Waals surface area contributed by atoms with E-state index in [2.05, 4.69) is 32.0 Å². The van der Waals surface area contributed by atoms with Crippen molar-refractivity contribution in [1.29, 1.82) is 5.26 Å². The smallest absolute Gasteiger partial charge is 0.255 e. The van der Waals surface area contributed by atoms with Crippen LogP contribution in [0.15, 0.2) is 97.5 Å². The molecule has 1 amide bonds. The van der Waals surface area contributed by atoms with E-state index in [9.17, 15) is 14.4 Å². The van der Waals surface area contributed by atoms with Gasteiger partial charge in [0.05, 0.1) is 17.1 Å². The third-order valence-electron chi connectivity index (χ3n) is 5.40. The monoisotopic (exact) mass is 474 g/mol. The molecule has 5 aromatic rings. The summed E-state index contributed by atoms with van der Waals surface area (Å²) in [4.78, 5) is 21.3. The Kier molecular flexibility index (Phi) is 6.19. The number of nitrogens with zero attached hydrogens (tertiary/aromatic N) is 3. The largest absolute Gasteiger partial charge is 0.355 e. The third-order valence-corrected chi connectivity index (χ3v) is 5.40. The highest BCUT2D eigenvalue weighted by Crippen LogP contribution is 2.27. The van der Waals surface area contributed by atoms with E-state index in [1.165, 1.54) is 12.1 Å². The maximum atomic E-state index is 14.5. The third kappa shape index (κ3) is 5.11. The summed E-state index contributed by atoms with van der Waals surface area (Å²) in [6.07, 6.45) is 4.98. The van der Waals surface area contributed by atoms with Crippen LogP contribution in [0.4, 0.5) is 32.8 Å². The lowest BCUT2D eigenvalue weighted by Gasteiger charge is -2.12. The van der Waals surface area contributed by atoms with E-state index in [-0.39, 0.29) is 5.56 Å². The molecule has 0 fully saturated rings. The molecule has 0 saturated heterocycles. The topological polar surface area (TPSA) is 103 Å². The van der Waals surface area contributed by atoms with E-state index in [1.807, 2.05) is 24.3 Å². The van der Waals surface area contributed by atoms with Crippen LogP contribution in [-0.4, -0.2) is 15.9 Å². The number of fused-ring (bicyclic) bond motifs is 1. The molecule has 174 valence electrons. The first-order chi connectivity index (χ1) is 17.6. The minimum Gasteiger partial charge on any atom is -0.355 e. The van der Waals surface area contributed by atoms with Crippen molar-refractivity contribution in [3.05, 3.63) is 114 Å². The first-order valence-electron chi connectivity index (χ1n) is 11.0. The Labute approximate surface area is 206 Å². The van der Waals surface area contributed by atoms with E-state index in [0.717, 1.165) is 11.4 Å². The molecule has 5 rings (SSSR count). The predicted octanol–water partition coefficient (Wildman–Crippen LogP) is 6.38. The van der Waals surface area contributed by atoms with Crippen molar-refractivity contribution in [3.63, 3.8) is 0 Å². The zero-order valence-electron chi connectivity index (χ0n) is 18.9. The van der Waals surface area contributed by atoms with Crippen molar-refractivity contribution in [2.75, 3.05) is 16.0 Å². The number of nitrogens with one attached hydrogen (secondary N) is 3. The number of amides is 1. The molecule has 36 heavy (non-hydrogen) atoms. The van der Waals surface area contributed by atoms with E-state index in [0.29, 0.717) is 33.5 Å². The normalized spacial score (nSPS) is 10.4. The Hall–Kier alpha value is -5.29. The van der Waals surface area contributed by atoms with Gasteiger partial charge in [0, 0.05) is 58.0 Å². The van der Waals surface area contributed by atoms with Gasteiger partial charge in [-0.1, -0.05) is 6.07 Å². The number of hydrogen-bond acceptors (Lipinski definition) is 6. The van der Waals surface area contributed by atoms with Gasteiger partial charge in [0.1, 0.15) is 5.82 Å². The fraction of sp³-hybridized carbons (Fsp3) is 0. The quantitative estimate of drug-likeness (QED) is 0.264. The molecule has 3 aromatic carbocycles. The van der Waals surface area contributed by atoms with Gasteiger partial charge < -0.3 is 16.0 Å². The van der Waals surface area contributed by atoms with Crippen molar-refractivity contribution >= 4 is 45.2 Å². The van der Waals surface area contributed by atoms with Crippen LogP contribution >= 0.6 is 0 Å². The van der Waals surface area contributed by atoms with Gasteiger partial charge in [-0.05, 0) is 72.8 Å². The molecule has 2 aromatic heterocycles. The van der Waals surface area contributed by atoms with Crippen molar-refractivity contribution in [3.8, 4) is 6.07 Å². The number of nitriles is 1. The van der Waals surface area contributed by atoms with Crippen LogP contribution in [0.2, 0.25) is 0 Å². The molecule has 8 heteroatoms. The Morgan fingerprint density at radius 3 is 2.47 bits per heavy atom. The first kappa shape index (κ1) is 22.5. The van der Waals surface area contributed by atoms with Crippen LogP contribution in [0.3, 0.4) is 0 Å². The van der Waals surface area contributed by atoms with Gasteiger partial charge >= 0.3 is 0 Å². The van der Waals surface area contributed by atoms with Crippen LogP contribution in [0.25, 0.3) is 10.9 Å². The Morgan fingerprint density at radius 2 is 1.64 bits per heavy atom. The summed E-state index contributed by atoms with van der Waals surface area (Å²) < 4.78 is 14.5. The van der Waals surface area contributed by atoms with E-state index in [4.69, 9.17) is 0 Å². The van der Waals surface area contributed by atoms with Gasteiger partial charge in [0.15, 0.2) is 0 Å². The number of carbonyl (C=O) groups excluding carboxylic acids is 1. The van der Waals surface area contributed by atoms with Crippen LogP contribution in [0.1, 0.15) is 15.9 Å². The SMILES string of the molecule is N#Cc1ccc2nccc(Nc3cc(F)cc(C(=O)Nc4cccc(Nc5ccncc5)c4)c3)c2c1. The molecule has 2 heterocycles. The number of aromatic nitrogens is 2. The minimum atomic E-state index is -0.561. The summed E-state index contributed by atoms with van der Waals surface area (Å²) in [6, 6.07) is 23.9. The molecule has 0 radical (unpaired) electrons. The molecule has 0 aliphatic carbocycles. The number of hydrogen-bond donors (Lipinski definition) is 3. The zero-order chi connectivity index (χ0) is 24.9. The van der Waals surface area contributed by atoms with Crippen LogP contribution < -0.4 is 16.0 Å². The summed E-state index contributed by atoms with van der Waals surface area (Å²) >= 11 is 0. The average molecular weight is 474 g/mol. The van der Waals surface area contributed by atoms with Gasteiger partial charge in [0.25, 0.3) is 5.91 Å². The van der Waals surface area contributed by atoms with Gasteiger partial charge in [-0.3, -0.25) is 14.8 Å². The molecular formula is C28H19FN6O. The highest BCUT2D eigenvalue weighted by Gasteiger charge is 2.12. The summed E-state index contributed by atoms with van der Waals surface area (Å²) in [5.41, 5.74) is 4.56. The fourth-order valence-corrected chi connectivity index (χ4v) is 3.75. The Morgan fingerprint density at radius 1 is 0.806 bits per heavy atom. The number of pyridine rings is 2. The average Bonchev–Trinajstić information content (AvgIpc) is 2.89. The lowest BCUT2D eigenvalue weighted by molar-refractivity contribution is 0.102. The summed E-state index contributed by atoms with van der Waals surface area (Å²) in [5.74, 6) is -1.01. The Bertz CT molecular complexity index is 1610. The number of halogens is 1. The van der Waals surface area contributed by atoms with Crippen LogP contribution in [-0.2, 0) is 0 Å². The second kappa shape index (κ2) is 9.91. The van der Waals surface area contributed by atoms with Gasteiger partial charge in [0.2, 0.25) is 0 Å². The number of rotatable bonds is 6. The van der Waals surface area contributed by atoms with Crippen molar-refractivity contribution in [2.24, 2.45) is 0 Å². The molecule has 7 nitrogen and oxygen atoms in total. The molecule has 3 N–H and O–H groups in total. The molecule has 0 spiro atoms. The van der Waals surface area contributed by atoms with Crippen LogP contribution in [0.5, 0.6) is 0 Å². The van der Waals surface area contributed by atoms with E-state index < -0.39 is 11.7 Å². The van der Waals surface area contributed by atoms with E-state index in [1.54, 1.807) is 61.1 Å². The minimum absolute atomic E-state index is 0.154. The number of anilines is 5. The molecule has 0 atom stereocenters. The van der Waals surface area contributed by atoms with Gasteiger partial charge in [-0.15, -0.1) is 0 Å². The highest BCUT2D eigenvalue weighted by atomic mass is 19.1. The van der Waals surface area contributed by atoms with E-state index >= 15 is 0 Å². The second-order valence-corrected chi connectivity index (χ2v) is 7.95. The molecule has 0 aliphatic rings. The molecule has 0 saturated carbocycles. The van der Waals surface area contributed by atoms with Gasteiger partial charge in [-0.25, -0.2) is 4.39 Å². The molecule has 0 bridgehead atoms. The Balaban J connectivity index is 1.37. The maximum absolute atomic E-state index is 14.5. The molecule has 0 aliphatic heterocycles. The first-order valence-corrected chi connectivity index (χ1v) is 11.0. The van der Waals surface area contributed by atoms with Gasteiger partial charge in [-0.2, -0.15) is 5.26 Å². The molecular weight excluding hydrogens is 455 g/mol. The summed E-state index contributed by atoms with van der Waals surface area (Å²) in [5, 5.41) is 19.2. The lowest BCUT2D eigenvalue weighted by Crippen LogP contribution is -2.12. The number of carbonyl (C=O) groups is 1. The molecule has 0 unspecified atom stereocenters. The second-order valence-electron chi connectivity index (χ2n) is 7.95. The van der Waals surface area contributed by atoms with Crippen molar-refractivity contribution < 1.29 is 9.18 Å². The zero-order valence-corrected chi connectivity index (χ0v) is 18.9. The predicted molar refractivity (Wildman–Crippen MR) is 138 cm³/mol. The standard InChI is InChI=1S/C28H19FN6O/c29-20-13-19(28(36)35-23-3-1-2-22(16-23)33-21-6-9-31-10-7-21)14-24(15-20)34-27-8-11-32-26-5-4-18(17-30)12-25(26)27/h1-16H,(H,31,33)(H,32,34)(H,35,36). The van der Waals surface area contributed by atoms with Crippen molar-refractivity contribution in [1.82, 2.24) is 9.97 Å². The van der Waals surface area contributed by atoms with Crippen molar-refractivity contribution in [2.45, 2.75) is 0 Å². The number of benzene rings is 3. The highest BCUT2D eigenvalue weighted by molar-refractivity contribution is 6.05.